The number of methoxy groups -OCH3 is 3. The predicted octanol–water partition coefficient (Wildman–Crippen LogP) is 4.49. The predicted molar refractivity (Wildman–Crippen MR) is 94.6 cm³/mol. The molecule has 3 rings (SSSR count). The summed E-state index contributed by atoms with van der Waals surface area (Å²) in [6.07, 6.45) is 3.95. The molecule has 0 unspecified atom stereocenters. The van der Waals surface area contributed by atoms with Crippen LogP contribution in [0.25, 0.3) is 22.4 Å². The summed E-state index contributed by atoms with van der Waals surface area (Å²) in [4.78, 5) is 4.59. The van der Waals surface area contributed by atoms with Gasteiger partial charge >= 0.3 is 0 Å². The van der Waals surface area contributed by atoms with Crippen LogP contribution in [0.5, 0.6) is 17.2 Å². The fourth-order valence-electron chi connectivity index (χ4n) is 2.31. The van der Waals surface area contributed by atoms with Crippen LogP contribution in [0.4, 0.5) is 0 Å². The van der Waals surface area contributed by atoms with Gasteiger partial charge in [0, 0.05) is 11.6 Å². The highest BCUT2D eigenvalue weighted by atomic mass is 32.1. The Morgan fingerprint density at radius 1 is 0.870 bits per heavy atom. The molecule has 0 aliphatic carbocycles. The molecule has 1 aromatic heterocycles. The molecule has 0 aliphatic heterocycles. The van der Waals surface area contributed by atoms with Crippen molar-refractivity contribution in [2.75, 3.05) is 21.3 Å². The van der Waals surface area contributed by atoms with Gasteiger partial charge in [0.05, 0.1) is 31.5 Å². The van der Waals surface area contributed by atoms with E-state index in [2.05, 4.69) is 11.1 Å². The lowest BCUT2D eigenvalue weighted by molar-refractivity contribution is 0.348. The summed E-state index contributed by atoms with van der Waals surface area (Å²) < 4.78 is 17.2. The van der Waals surface area contributed by atoms with Gasteiger partial charge in [-0.25, -0.2) is 4.98 Å². The summed E-state index contributed by atoms with van der Waals surface area (Å²) >= 11 is 1.65. The second-order valence-corrected chi connectivity index (χ2v) is 5.86. The molecule has 0 amide bonds. The molecule has 4 nitrogen and oxygen atoms in total. The van der Waals surface area contributed by atoms with Crippen molar-refractivity contribution in [3.63, 3.8) is 0 Å². The van der Waals surface area contributed by atoms with Crippen LogP contribution in [0.3, 0.4) is 0 Å². The number of para-hydroxylation sites is 1. The van der Waals surface area contributed by atoms with Crippen LogP contribution in [-0.4, -0.2) is 26.3 Å². The first-order valence-electron chi connectivity index (χ1n) is 7.09. The number of benzene rings is 2. The lowest BCUT2D eigenvalue weighted by Gasteiger charge is -2.11. The average molecular weight is 327 g/mol. The lowest BCUT2D eigenvalue weighted by Crippen LogP contribution is -1.94. The van der Waals surface area contributed by atoms with Gasteiger partial charge in [-0.15, -0.1) is 11.3 Å². The van der Waals surface area contributed by atoms with E-state index in [9.17, 15) is 0 Å². The minimum atomic E-state index is 0.640. The number of thiazole rings is 1. The Morgan fingerprint density at radius 3 is 2.26 bits per heavy atom. The number of aromatic nitrogens is 1. The molecule has 0 aliphatic rings. The molecule has 2 aromatic carbocycles. The van der Waals surface area contributed by atoms with E-state index in [4.69, 9.17) is 14.2 Å². The second kappa shape index (κ2) is 6.71. The van der Waals surface area contributed by atoms with Crippen LogP contribution in [0.2, 0.25) is 0 Å². The van der Waals surface area contributed by atoms with Gasteiger partial charge in [0.1, 0.15) is 10.8 Å². The Labute approximate surface area is 139 Å². The fraction of sp³-hybridized carbons (Fsp3) is 0.167. The van der Waals surface area contributed by atoms with Crippen LogP contribution >= 0.6 is 11.3 Å². The summed E-state index contributed by atoms with van der Waals surface area (Å²) in [6, 6.07) is 11.8. The van der Waals surface area contributed by atoms with Crippen molar-refractivity contribution in [1.82, 2.24) is 4.98 Å². The Kier molecular flexibility index (Phi) is 4.48. The number of nitrogens with zero attached hydrogens (tertiary/aromatic N) is 1. The standard InChI is InChI=1S/C18H17NO3S/c1-20-14-11-16(22-3)15(21-2)10-12(14)8-9-18-19-13-6-4-5-7-17(13)23-18/h4-11H,1-3H3/b9-8-. The zero-order chi connectivity index (χ0) is 16.2. The SMILES string of the molecule is COc1cc(OC)c(OC)cc1/C=C\c1nc2ccccc2s1. The molecule has 23 heavy (non-hydrogen) atoms. The zero-order valence-electron chi connectivity index (χ0n) is 13.2. The highest BCUT2D eigenvalue weighted by Gasteiger charge is 2.10. The van der Waals surface area contributed by atoms with Gasteiger partial charge in [-0.1, -0.05) is 12.1 Å². The maximum atomic E-state index is 5.43. The number of rotatable bonds is 5. The first kappa shape index (κ1) is 15.4. The van der Waals surface area contributed by atoms with Crippen LogP contribution in [0, 0.1) is 0 Å². The Morgan fingerprint density at radius 2 is 1.57 bits per heavy atom. The second-order valence-electron chi connectivity index (χ2n) is 4.80. The van der Waals surface area contributed by atoms with E-state index >= 15 is 0 Å². The van der Waals surface area contributed by atoms with E-state index in [-0.39, 0.29) is 0 Å². The van der Waals surface area contributed by atoms with Gasteiger partial charge in [-0.2, -0.15) is 0 Å². The summed E-state index contributed by atoms with van der Waals surface area (Å²) in [5.41, 5.74) is 1.92. The van der Waals surface area contributed by atoms with E-state index in [1.54, 1.807) is 32.7 Å². The van der Waals surface area contributed by atoms with Gasteiger partial charge in [-0.05, 0) is 30.4 Å². The van der Waals surface area contributed by atoms with E-state index in [0.717, 1.165) is 21.8 Å². The molecule has 5 heteroatoms. The quantitative estimate of drug-likeness (QED) is 0.692. The third-order valence-corrected chi connectivity index (χ3v) is 4.45. The topological polar surface area (TPSA) is 40.6 Å². The molecule has 0 saturated heterocycles. The van der Waals surface area contributed by atoms with Crippen LogP contribution in [0.15, 0.2) is 36.4 Å². The maximum absolute atomic E-state index is 5.43. The number of ether oxygens (including phenoxy) is 3. The highest BCUT2D eigenvalue weighted by Crippen LogP contribution is 2.35. The molecule has 0 atom stereocenters. The van der Waals surface area contributed by atoms with Crippen molar-refractivity contribution in [3.8, 4) is 17.2 Å². The lowest BCUT2D eigenvalue weighted by atomic mass is 10.1. The first-order valence-corrected chi connectivity index (χ1v) is 7.90. The molecule has 0 fully saturated rings. The highest BCUT2D eigenvalue weighted by molar-refractivity contribution is 7.19. The zero-order valence-corrected chi connectivity index (χ0v) is 14.0. The van der Waals surface area contributed by atoms with Gasteiger partial charge in [0.25, 0.3) is 0 Å². The van der Waals surface area contributed by atoms with E-state index in [0.29, 0.717) is 11.5 Å². The van der Waals surface area contributed by atoms with Crippen molar-refractivity contribution < 1.29 is 14.2 Å². The number of hydrogen-bond donors (Lipinski definition) is 0. The van der Waals surface area contributed by atoms with Crippen molar-refractivity contribution in [3.05, 3.63) is 47.0 Å². The van der Waals surface area contributed by atoms with E-state index in [1.165, 1.54) is 4.70 Å². The largest absolute Gasteiger partial charge is 0.496 e. The third kappa shape index (κ3) is 3.14. The average Bonchev–Trinajstić information content (AvgIpc) is 3.01. The molecule has 0 radical (unpaired) electrons. The Bertz CT molecular complexity index is 822. The molecule has 118 valence electrons. The fourth-order valence-corrected chi connectivity index (χ4v) is 3.18. The summed E-state index contributed by atoms with van der Waals surface area (Å²) in [5.74, 6) is 2.03. The Hall–Kier alpha value is -2.53. The van der Waals surface area contributed by atoms with Gasteiger partial charge in [0.15, 0.2) is 11.5 Å². The maximum Gasteiger partial charge on any atom is 0.164 e. The molecule has 3 aromatic rings. The third-order valence-electron chi connectivity index (χ3n) is 3.45. The summed E-state index contributed by atoms with van der Waals surface area (Å²) in [7, 11) is 4.86. The first-order chi connectivity index (χ1) is 11.2. The van der Waals surface area contributed by atoms with Crippen LogP contribution < -0.4 is 14.2 Å². The van der Waals surface area contributed by atoms with Crippen molar-refractivity contribution in [2.24, 2.45) is 0 Å². The van der Waals surface area contributed by atoms with Crippen molar-refractivity contribution >= 4 is 33.7 Å². The molecule has 0 N–H and O–H groups in total. The van der Waals surface area contributed by atoms with Crippen molar-refractivity contribution in [1.29, 1.82) is 0 Å². The van der Waals surface area contributed by atoms with Crippen LogP contribution in [-0.2, 0) is 0 Å². The molecular formula is C18H17NO3S. The monoisotopic (exact) mass is 327 g/mol. The smallest absolute Gasteiger partial charge is 0.164 e. The number of fused-ring (bicyclic) bond motifs is 1. The van der Waals surface area contributed by atoms with Gasteiger partial charge in [-0.3, -0.25) is 0 Å². The normalized spacial score (nSPS) is 11.1. The van der Waals surface area contributed by atoms with E-state index < -0.39 is 0 Å². The minimum absolute atomic E-state index is 0.640. The van der Waals surface area contributed by atoms with Gasteiger partial charge in [0.2, 0.25) is 0 Å². The molecule has 1 heterocycles. The molecule has 0 saturated carbocycles. The molecular weight excluding hydrogens is 310 g/mol. The summed E-state index contributed by atoms with van der Waals surface area (Å²) in [6.45, 7) is 0. The van der Waals surface area contributed by atoms with Gasteiger partial charge < -0.3 is 14.2 Å². The Balaban J connectivity index is 1.97. The van der Waals surface area contributed by atoms with Crippen molar-refractivity contribution in [2.45, 2.75) is 0 Å². The molecule has 0 spiro atoms. The minimum Gasteiger partial charge on any atom is -0.496 e. The molecule has 0 bridgehead atoms. The van der Waals surface area contributed by atoms with Crippen LogP contribution in [0.1, 0.15) is 10.6 Å². The summed E-state index contributed by atoms with van der Waals surface area (Å²) in [5, 5.41) is 0.947. The van der Waals surface area contributed by atoms with E-state index in [1.807, 2.05) is 42.5 Å². The number of hydrogen-bond acceptors (Lipinski definition) is 5.